The number of hydrogen-bond acceptors (Lipinski definition) is 3. The zero-order valence-electron chi connectivity index (χ0n) is 11.3. The van der Waals surface area contributed by atoms with Crippen LogP contribution < -0.4 is 5.32 Å². The van der Waals surface area contributed by atoms with E-state index in [0.717, 1.165) is 11.1 Å². The van der Waals surface area contributed by atoms with Gasteiger partial charge in [0.2, 0.25) is 5.91 Å². The zero-order chi connectivity index (χ0) is 15.2. The molecule has 0 heterocycles. The maximum atomic E-state index is 11.8. The number of phenolic OH excluding ortho intramolecular Hbond substituents is 2. The zero-order valence-corrected chi connectivity index (χ0v) is 12.1. The number of carbonyl (C=O) groups excluding carboxylic acids is 1. The van der Waals surface area contributed by atoms with Gasteiger partial charge in [-0.15, -0.1) is 0 Å². The van der Waals surface area contributed by atoms with E-state index in [1.165, 1.54) is 12.1 Å². The number of nitrogens with one attached hydrogen (secondary N) is 1. The van der Waals surface area contributed by atoms with E-state index in [0.29, 0.717) is 24.4 Å². The topological polar surface area (TPSA) is 69.6 Å². The van der Waals surface area contributed by atoms with Crippen molar-refractivity contribution >= 4 is 17.5 Å². The van der Waals surface area contributed by atoms with E-state index >= 15 is 0 Å². The Morgan fingerprint density at radius 1 is 1.00 bits per heavy atom. The summed E-state index contributed by atoms with van der Waals surface area (Å²) >= 11 is 5.79. The molecule has 0 aliphatic carbocycles. The fraction of sp³-hybridized carbons (Fsp3) is 0.188. The number of benzene rings is 2. The van der Waals surface area contributed by atoms with Gasteiger partial charge in [-0.05, 0) is 41.8 Å². The van der Waals surface area contributed by atoms with Crippen LogP contribution in [0.5, 0.6) is 11.5 Å². The minimum absolute atomic E-state index is 0.0717. The lowest BCUT2D eigenvalue weighted by atomic mass is 10.1. The number of hydrogen-bond donors (Lipinski definition) is 3. The highest BCUT2D eigenvalue weighted by molar-refractivity contribution is 6.30. The van der Waals surface area contributed by atoms with Gasteiger partial charge in [0.25, 0.3) is 0 Å². The molecule has 3 N–H and O–H groups in total. The van der Waals surface area contributed by atoms with E-state index < -0.39 is 0 Å². The standard InChI is InChI=1S/C16H16ClNO3/c17-13-5-1-12(2-6-13)10-18-16(21)8-4-11-3-7-14(19)15(20)9-11/h1-3,5-7,9,19-20H,4,8,10H2,(H,18,21). The Morgan fingerprint density at radius 3 is 2.33 bits per heavy atom. The summed E-state index contributed by atoms with van der Waals surface area (Å²) in [5.74, 6) is -0.405. The second-order valence-corrected chi connectivity index (χ2v) is 5.16. The Labute approximate surface area is 128 Å². The summed E-state index contributed by atoms with van der Waals surface area (Å²) in [7, 11) is 0. The number of halogens is 1. The highest BCUT2D eigenvalue weighted by Gasteiger charge is 2.05. The lowest BCUT2D eigenvalue weighted by molar-refractivity contribution is -0.121. The number of carbonyl (C=O) groups is 1. The van der Waals surface area contributed by atoms with Crippen molar-refractivity contribution in [3.05, 3.63) is 58.6 Å². The highest BCUT2D eigenvalue weighted by Crippen LogP contribution is 2.25. The van der Waals surface area contributed by atoms with Gasteiger partial charge in [-0.3, -0.25) is 4.79 Å². The Kier molecular flexibility index (Phi) is 5.06. The second kappa shape index (κ2) is 6.99. The van der Waals surface area contributed by atoms with Crippen LogP contribution in [-0.2, 0) is 17.8 Å². The second-order valence-electron chi connectivity index (χ2n) is 4.73. The minimum Gasteiger partial charge on any atom is -0.504 e. The maximum absolute atomic E-state index is 11.8. The van der Waals surface area contributed by atoms with Crippen molar-refractivity contribution in [1.29, 1.82) is 0 Å². The number of phenols is 2. The summed E-state index contributed by atoms with van der Waals surface area (Å²) < 4.78 is 0. The summed E-state index contributed by atoms with van der Waals surface area (Å²) in [6.45, 7) is 0.455. The summed E-state index contributed by atoms with van der Waals surface area (Å²) in [5, 5.41) is 22.1. The van der Waals surface area contributed by atoms with Gasteiger partial charge >= 0.3 is 0 Å². The molecule has 0 spiro atoms. The fourth-order valence-corrected chi connectivity index (χ4v) is 2.00. The minimum atomic E-state index is -0.172. The van der Waals surface area contributed by atoms with E-state index in [2.05, 4.69) is 5.32 Å². The van der Waals surface area contributed by atoms with Crippen LogP contribution in [0.3, 0.4) is 0 Å². The maximum Gasteiger partial charge on any atom is 0.220 e. The SMILES string of the molecule is O=C(CCc1ccc(O)c(O)c1)NCc1ccc(Cl)cc1. The van der Waals surface area contributed by atoms with E-state index in [9.17, 15) is 15.0 Å². The molecule has 2 rings (SSSR count). The third-order valence-corrected chi connectivity index (χ3v) is 3.34. The first kappa shape index (κ1) is 15.2. The first-order valence-corrected chi connectivity index (χ1v) is 6.94. The van der Waals surface area contributed by atoms with Gasteiger partial charge in [0.1, 0.15) is 0 Å². The van der Waals surface area contributed by atoms with Crippen LogP contribution >= 0.6 is 11.6 Å². The average molecular weight is 306 g/mol. The predicted molar refractivity (Wildman–Crippen MR) is 81.4 cm³/mol. The van der Waals surface area contributed by atoms with Gasteiger partial charge < -0.3 is 15.5 Å². The Bertz CT molecular complexity index is 626. The van der Waals surface area contributed by atoms with Crippen LogP contribution in [0.25, 0.3) is 0 Å². The molecule has 1 amide bonds. The third kappa shape index (κ3) is 4.68. The Hall–Kier alpha value is -2.20. The lowest BCUT2D eigenvalue weighted by Crippen LogP contribution is -2.22. The quantitative estimate of drug-likeness (QED) is 0.744. The average Bonchev–Trinajstić information content (AvgIpc) is 2.48. The molecule has 0 atom stereocenters. The number of rotatable bonds is 5. The molecule has 0 fully saturated rings. The summed E-state index contributed by atoms with van der Waals surface area (Å²) in [5.41, 5.74) is 1.78. The molecule has 0 bridgehead atoms. The molecule has 21 heavy (non-hydrogen) atoms. The van der Waals surface area contributed by atoms with Crippen LogP contribution in [0.1, 0.15) is 17.5 Å². The van der Waals surface area contributed by atoms with E-state index in [4.69, 9.17) is 11.6 Å². The molecular formula is C16H16ClNO3. The largest absolute Gasteiger partial charge is 0.504 e. The summed E-state index contributed by atoms with van der Waals surface area (Å²) in [6.07, 6.45) is 0.818. The summed E-state index contributed by atoms with van der Waals surface area (Å²) in [6, 6.07) is 11.8. The van der Waals surface area contributed by atoms with Crippen molar-refractivity contribution in [3.63, 3.8) is 0 Å². The van der Waals surface area contributed by atoms with Crippen LogP contribution in [-0.4, -0.2) is 16.1 Å². The van der Waals surface area contributed by atoms with Gasteiger partial charge in [0.05, 0.1) is 0 Å². The van der Waals surface area contributed by atoms with Crippen molar-refractivity contribution in [2.75, 3.05) is 0 Å². The molecule has 0 aliphatic rings. The van der Waals surface area contributed by atoms with Crippen LogP contribution in [0.4, 0.5) is 0 Å². The lowest BCUT2D eigenvalue weighted by Gasteiger charge is -2.06. The van der Waals surface area contributed by atoms with E-state index in [1.54, 1.807) is 18.2 Å². The van der Waals surface area contributed by atoms with Crippen molar-refractivity contribution < 1.29 is 15.0 Å². The highest BCUT2D eigenvalue weighted by atomic mass is 35.5. The van der Waals surface area contributed by atoms with Gasteiger partial charge in [-0.2, -0.15) is 0 Å². The van der Waals surface area contributed by atoms with E-state index in [-0.39, 0.29) is 17.4 Å². The van der Waals surface area contributed by atoms with Gasteiger partial charge in [0, 0.05) is 18.0 Å². The smallest absolute Gasteiger partial charge is 0.220 e. The van der Waals surface area contributed by atoms with Gasteiger partial charge in [0.15, 0.2) is 11.5 Å². The van der Waals surface area contributed by atoms with E-state index in [1.807, 2.05) is 12.1 Å². The van der Waals surface area contributed by atoms with Crippen molar-refractivity contribution in [2.24, 2.45) is 0 Å². The fourth-order valence-electron chi connectivity index (χ4n) is 1.87. The Balaban J connectivity index is 1.79. The van der Waals surface area contributed by atoms with Crippen molar-refractivity contribution in [1.82, 2.24) is 5.32 Å². The predicted octanol–water partition coefficient (Wildman–Crippen LogP) is 3.00. The van der Waals surface area contributed by atoms with Gasteiger partial charge in [-0.1, -0.05) is 29.8 Å². The first-order chi connectivity index (χ1) is 10.0. The van der Waals surface area contributed by atoms with Crippen LogP contribution in [0.2, 0.25) is 5.02 Å². The molecular weight excluding hydrogens is 290 g/mol. The molecule has 4 nitrogen and oxygen atoms in total. The normalized spacial score (nSPS) is 10.3. The van der Waals surface area contributed by atoms with Gasteiger partial charge in [-0.25, -0.2) is 0 Å². The van der Waals surface area contributed by atoms with Crippen LogP contribution in [0, 0.1) is 0 Å². The number of amides is 1. The van der Waals surface area contributed by atoms with Crippen LogP contribution in [0.15, 0.2) is 42.5 Å². The molecule has 5 heteroatoms. The number of aromatic hydroxyl groups is 2. The molecule has 0 saturated carbocycles. The molecule has 0 radical (unpaired) electrons. The van der Waals surface area contributed by atoms with Crippen molar-refractivity contribution in [2.45, 2.75) is 19.4 Å². The monoisotopic (exact) mass is 305 g/mol. The first-order valence-electron chi connectivity index (χ1n) is 6.56. The molecule has 0 aliphatic heterocycles. The third-order valence-electron chi connectivity index (χ3n) is 3.08. The molecule has 0 unspecified atom stereocenters. The Morgan fingerprint density at radius 2 is 1.67 bits per heavy atom. The summed E-state index contributed by atoms with van der Waals surface area (Å²) in [4.78, 5) is 11.8. The number of aryl methyl sites for hydroxylation is 1. The molecule has 2 aromatic rings. The molecule has 2 aromatic carbocycles. The molecule has 0 saturated heterocycles. The molecule has 110 valence electrons. The molecule has 0 aromatic heterocycles. The van der Waals surface area contributed by atoms with Crippen molar-refractivity contribution in [3.8, 4) is 11.5 Å².